The van der Waals surface area contributed by atoms with Crippen molar-refractivity contribution in [3.63, 3.8) is 0 Å². The number of aromatic nitrogens is 1. The lowest BCUT2D eigenvalue weighted by molar-refractivity contribution is -0.142. The maximum Gasteiger partial charge on any atom is 0.315 e. The largest absolute Gasteiger partial charge is 0.481 e. The molecule has 5 heteroatoms. The fraction of sp³-hybridized carbons (Fsp3) is 0.714. The molecule has 0 aliphatic carbocycles. The van der Waals surface area contributed by atoms with E-state index >= 15 is 0 Å². The molecular formula is C14H24N2O2S. The summed E-state index contributed by atoms with van der Waals surface area (Å²) >= 11 is 1.47. The van der Waals surface area contributed by atoms with Crippen molar-refractivity contribution < 1.29 is 9.90 Å². The fourth-order valence-electron chi connectivity index (χ4n) is 1.62. The van der Waals surface area contributed by atoms with Crippen molar-refractivity contribution in [1.29, 1.82) is 0 Å². The number of hydrogen-bond donors (Lipinski definition) is 2. The van der Waals surface area contributed by atoms with Crippen LogP contribution in [0, 0.1) is 5.92 Å². The van der Waals surface area contributed by atoms with Crippen LogP contribution in [-0.4, -0.2) is 22.6 Å². The first kappa shape index (κ1) is 16.0. The second-order valence-corrected chi connectivity index (χ2v) is 6.64. The van der Waals surface area contributed by atoms with Crippen LogP contribution >= 0.6 is 11.3 Å². The van der Waals surface area contributed by atoms with E-state index in [1.54, 1.807) is 13.8 Å². The Kier molecular flexibility index (Phi) is 5.79. The van der Waals surface area contributed by atoms with Crippen LogP contribution in [0.5, 0.6) is 0 Å². The molecule has 0 aliphatic rings. The van der Waals surface area contributed by atoms with E-state index in [2.05, 4.69) is 24.1 Å². The molecule has 1 rings (SSSR count). The van der Waals surface area contributed by atoms with Crippen molar-refractivity contribution in [2.75, 3.05) is 11.9 Å². The molecule has 0 unspecified atom stereocenters. The van der Waals surface area contributed by atoms with Gasteiger partial charge in [-0.05, 0) is 26.2 Å². The standard InChI is InChI=1S/C14H24N2O2S/c1-10(2)7-5-6-8-15-13-16-11(9-19-13)14(3,4)12(17)18/h9-10H,5-8H2,1-4H3,(H,15,16)(H,17,18). The van der Waals surface area contributed by atoms with Crippen molar-refractivity contribution in [3.05, 3.63) is 11.1 Å². The van der Waals surface area contributed by atoms with Gasteiger partial charge >= 0.3 is 5.97 Å². The first-order valence-corrected chi connectivity index (χ1v) is 7.65. The predicted molar refractivity (Wildman–Crippen MR) is 80.0 cm³/mol. The van der Waals surface area contributed by atoms with E-state index in [4.69, 9.17) is 5.11 Å². The van der Waals surface area contributed by atoms with Crippen molar-refractivity contribution in [3.8, 4) is 0 Å². The minimum absolute atomic E-state index is 0.620. The van der Waals surface area contributed by atoms with Crippen LogP contribution in [-0.2, 0) is 10.2 Å². The van der Waals surface area contributed by atoms with E-state index < -0.39 is 11.4 Å². The monoisotopic (exact) mass is 284 g/mol. The molecule has 1 aromatic heterocycles. The second-order valence-electron chi connectivity index (χ2n) is 5.78. The summed E-state index contributed by atoms with van der Waals surface area (Å²) in [4.78, 5) is 15.5. The summed E-state index contributed by atoms with van der Waals surface area (Å²) in [5, 5.41) is 15.0. The molecule has 0 saturated heterocycles. The molecule has 0 spiro atoms. The summed E-state index contributed by atoms with van der Waals surface area (Å²) in [7, 11) is 0. The molecule has 0 aromatic carbocycles. The number of carbonyl (C=O) groups is 1. The first-order chi connectivity index (χ1) is 8.84. The van der Waals surface area contributed by atoms with Gasteiger partial charge in [-0.25, -0.2) is 4.98 Å². The van der Waals surface area contributed by atoms with Gasteiger partial charge in [-0.1, -0.05) is 26.7 Å². The fourth-order valence-corrected chi connectivity index (χ4v) is 2.53. The molecule has 0 fully saturated rings. The van der Waals surface area contributed by atoms with Crippen LogP contribution in [0.15, 0.2) is 5.38 Å². The normalized spacial score (nSPS) is 11.8. The average Bonchev–Trinajstić information content (AvgIpc) is 2.77. The van der Waals surface area contributed by atoms with Crippen LogP contribution < -0.4 is 5.32 Å². The van der Waals surface area contributed by atoms with Gasteiger partial charge in [0, 0.05) is 11.9 Å². The van der Waals surface area contributed by atoms with Gasteiger partial charge < -0.3 is 10.4 Å². The molecule has 19 heavy (non-hydrogen) atoms. The molecule has 108 valence electrons. The number of nitrogens with one attached hydrogen (secondary N) is 1. The molecule has 4 nitrogen and oxygen atoms in total. The molecule has 0 amide bonds. The van der Waals surface area contributed by atoms with E-state index in [1.807, 2.05) is 5.38 Å². The molecule has 2 N–H and O–H groups in total. The number of unbranched alkanes of at least 4 members (excludes halogenated alkanes) is 1. The second kappa shape index (κ2) is 6.89. The highest BCUT2D eigenvalue weighted by atomic mass is 32.1. The highest BCUT2D eigenvalue weighted by molar-refractivity contribution is 7.13. The molecule has 0 atom stereocenters. The molecular weight excluding hydrogens is 260 g/mol. The summed E-state index contributed by atoms with van der Waals surface area (Å²) in [6.07, 6.45) is 3.58. The van der Waals surface area contributed by atoms with E-state index in [0.717, 1.165) is 24.0 Å². The number of thiazole rings is 1. The van der Waals surface area contributed by atoms with Crippen molar-refractivity contribution in [2.24, 2.45) is 5.92 Å². The third kappa shape index (κ3) is 4.82. The number of nitrogens with zero attached hydrogens (tertiary/aromatic N) is 1. The molecule has 0 radical (unpaired) electrons. The first-order valence-electron chi connectivity index (χ1n) is 6.77. The predicted octanol–water partition coefficient (Wildman–Crippen LogP) is 3.74. The Hall–Kier alpha value is -1.10. The highest BCUT2D eigenvalue weighted by Gasteiger charge is 2.32. The van der Waals surface area contributed by atoms with Gasteiger partial charge in [0.2, 0.25) is 0 Å². The summed E-state index contributed by atoms with van der Waals surface area (Å²) < 4.78 is 0. The number of carboxylic acid groups (broad SMARTS) is 1. The molecule has 1 heterocycles. The van der Waals surface area contributed by atoms with Crippen molar-refractivity contribution in [2.45, 2.75) is 52.4 Å². The lowest BCUT2D eigenvalue weighted by Crippen LogP contribution is -2.28. The number of carboxylic acids is 1. The maximum absolute atomic E-state index is 11.1. The van der Waals surface area contributed by atoms with Gasteiger partial charge in [0.25, 0.3) is 0 Å². The third-order valence-corrected chi connectivity index (χ3v) is 3.96. The molecule has 0 bridgehead atoms. The highest BCUT2D eigenvalue weighted by Crippen LogP contribution is 2.27. The third-order valence-electron chi connectivity index (χ3n) is 3.16. The van der Waals surface area contributed by atoms with Gasteiger partial charge in [-0.15, -0.1) is 11.3 Å². The molecule has 0 aliphatic heterocycles. The number of aliphatic carboxylic acids is 1. The van der Waals surface area contributed by atoms with Crippen LogP contribution in [0.4, 0.5) is 5.13 Å². The lowest BCUT2D eigenvalue weighted by atomic mass is 9.90. The maximum atomic E-state index is 11.1. The van der Waals surface area contributed by atoms with E-state index in [1.165, 1.54) is 24.2 Å². The van der Waals surface area contributed by atoms with Gasteiger partial charge in [0.15, 0.2) is 5.13 Å². The van der Waals surface area contributed by atoms with Crippen LogP contribution in [0.1, 0.15) is 52.7 Å². The Morgan fingerprint density at radius 3 is 2.74 bits per heavy atom. The van der Waals surface area contributed by atoms with Crippen molar-refractivity contribution in [1.82, 2.24) is 4.98 Å². The quantitative estimate of drug-likeness (QED) is 0.714. The topological polar surface area (TPSA) is 62.2 Å². The van der Waals surface area contributed by atoms with E-state index in [9.17, 15) is 4.79 Å². The van der Waals surface area contributed by atoms with E-state index in [-0.39, 0.29) is 0 Å². The number of hydrogen-bond acceptors (Lipinski definition) is 4. The zero-order chi connectivity index (χ0) is 14.5. The van der Waals surface area contributed by atoms with Gasteiger partial charge in [-0.2, -0.15) is 0 Å². The van der Waals surface area contributed by atoms with Gasteiger partial charge in [0.1, 0.15) is 5.41 Å². The zero-order valence-corrected chi connectivity index (χ0v) is 13.0. The molecule has 0 saturated carbocycles. The summed E-state index contributed by atoms with van der Waals surface area (Å²) in [6.45, 7) is 8.71. The number of rotatable bonds is 8. The summed E-state index contributed by atoms with van der Waals surface area (Å²) in [6, 6.07) is 0. The zero-order valence-electron chi connectivity index (χ0n) is 12.2. The Morgan fingerprint density at radius 2 is 2.16 bits per heavy atom. The minimum Gasteiger partial charge on any atom is -0.481 e. The number of anilines is 1. The van der Waals surface area contributed by atoms with Crippen LogP contribution in [0.3, 0.4) is 0 Å². The lowest BCUT2D eigenvalue weighted by Gasteiger charge is -2.15. The van der Waals surface area contributed by atoms with Crippen LogP contribution in [0.25, 0.3) is 0 Å². The summed E-state index contributed by atoms with van der Waals surface area (Å²) in [5.41, 5.74) is -0.302. The Bertz CT molecular complexity index is 413. The van der Waals surface area contributed by atoms with Gasteiger partial charge in [0.05, 0.1) is 5.69 Å². The Morgan fingerprint density at radius 1 is 1.47 bits per heavy atom. The summed E-state index contributed by atoms with van der Waals surface area (Å²) in [5.74, 6) is -0.0934. The SMILES string of the molecule is CC(C)CCCCNc1nc(C(C)(C)C(=O)O)cs1. The average molecular weight is 284 g/mol. The van der Waals surface area contributed by atoms with Crippen LogP contribution in [0.2, 0.25) is 0 Å². The van der Waals surface area contributed by atoms with Gasteiger partial charge in [-0.3, -0.25) is 4.79 Å². The van der Waals surface area contributed by atoms with E-state index in [0.29, 0.717) is 5.69 Å². The minimum atomic E-state index is -0.923. The Labute approximate surface area is 119 Å². The molecule has 1 aromatic rings. The Balaban J connectivity index is 2.41. The smallest absolute Gasteiger partial charge is 0.315 e. The van der Waals surface area contributed by atoms with Crippen molar-refractivity contribution >= 4 is 22.4 Å².